The molecule has 0 amide bonds. The van der Waals surface area contributed by atoms with Gasteiger partial charge in [0.2, 0.25) is 0 Å². The first-order valence-corrected chi connectivity index (χ1v) is 9.71. The van der Waals surface area contributed by atoms with E-state index in [1.165, 1.54) is 5.57 Å². The molecule has 0 unspecified atom stereocenters. The molecule has 136 valence electrons. The molecule has 25 heavy (non-hydrogen) atoms. The van der Waals surface area contributed by atoms with Crippen molar-refractivity contribution in [1.82, 2.24) is 0 Å². The molecular weight excluding hydrogens is 316 g/mol. The molecule has 0 aromatic rings. The first-order chi connectivity index (χ1) is 11.8. The quantitative estimate of drug-likeness (QED) is 0.836. The van der Waals surface area contributed by atoms with Crippen LogP contribution in [0, 0.1) is 34.5 Å². The summed E-state index contributed by atoms with van der Waals surface area (Å²) in [6.07, 6.45) is 7.23. The Balaban J connectivity index is 1.71. The smallest absolute Gasteiger partial charge is 0.161 e. The summed E-state index contributed by atoms with van der Waals surface area (Å²) < 4.78 is 0. The minimum Gasteiger partial charge on any atom is -0.389 e. The molecule has 4 heteroatoms. The first kappa shape index (κ1) is 17.1. The Bertz CT molecular complexity index is 677. The fourth-order valence-corrected chi connectivity index (χ4v) is 7.02. The van der Waals surface area contributed by atoms with E-state index < -0.39 is 6.61 Å². The van der Waals surface area contributed by atoms with Crippen LogP contribution in [0.3, 0.4) is 0 Å². The van der Waals surface area contributed by atoms with Crippen LogP contribution in [-0.4, -0.2) is 29.1 Å². The third-order valence-electron chi connectivity index (χ3n) is 8.19. The van der Waals surface area contributed by atoms with Crippen molar-refractivity contribution < 1.29 is 19.5 Å². The zero-order valence-corrected chi connectivity index (χ0v) is 15.2. The summed E-state index contributed by atoms with van der Waals surface area (Å²) in [4.78, 5) is 37.4. The summed E-state index contributed by atoms with van der Waals surface area (Å²) in [5.74, 6) is 0.913. The standard InChI is InChI=1S/C21H28O4/c1-20-8-7-13(23)9-12(20)3-4-14-15-5-6-16(18(25)11-22)21(15,2)10-17(24)19(14)20/h9,14-16,19,22H,3-8,10-11H2,1-2H3/t14-,15-,16+,19+,20-,21-/m0/s1. The maximum Gasteiger partial charge on any atom is 0.161 e. The molecule has 3 saturated carbocycles. The van der Waals surface area contributed by atoms with E-state index in [0.717, 1.165) is 32.1 Å². The molecule has 0 radical (unpaired) electrons. The second-order valence-corrected chi connectivity index (χ2v) is 9.24. The van der Waals surface area contributed by atoms with E-state index in [4.69, 9.17) is 0 Å². The van der Waals surface area contributed by atoms with Gasteiger partial charge >= 0.3 is 0 Å². The number of ketones is 3. The van der Waals surface area contributed by atoms with Crippen molar-refractivity contribution in [3.8, 4) is 0 Å². The lowest BCUT2D eigenvalue weighted by Crippen LogP contribution is -2.55. The number of hydrogen-bond acceptors (Lipinski definition) is 4. The monoisotopic (exact) mass is 344 g/mol. The summed E-state index contributed by atoms with van der Waals surface area (Å²) in [5.41, 5.74) is 0.719. The Morgan fingerprint density at radius 3 is 2.68 bits per heavy atom. The molecule has 0 spiro atoms. The fraction of sp³-hybridized carbons (Fsp3) is 0.762. The average molecular weight is 344 g/mol. The molecule has 4 aliphatic rings. The van der Waals surface area contributed by atoms with Crippen molar-refractivity contribution in [3.05, 3.63) is 11.6 Å². The molecule has 3 fully saturated rings. The lowest BCUT2D eigenvalue weighted by atomic mass is 9.46. The van der Waals surface area contributed by atoms with Gasteiger partial charge in [0.05, 0.1) is 0 Å². The molecule has 4 aliphatic carbocycles. The van der Waals surface area contributed by atoms with Crippen molar-refractivity contribution >= 4 is 17.3 Å². The van der Waals surface area contributed by atoms with Crippen LogP contribution in [0.4, 0.5) is 0 Å². The van der Waals surface area contributed by atoms with Crippen molar-refractivity contribution in [2.75, 3.05) is 6.61 Å². The van der Waals surface area contributed by atoms with Gasteiger partial charge in [-0.2, -0.15) is 0 Å². The summed E-state index contributed by atoms with van der Waals surface area (Å²) >= 11 is 0. The van der Waals surface area contributed by atoms with Gasteiger partial charge in [0, 0.05) is 24.7 Å². The molecular formula is C21H28O4. The van der Waals surface area contributed by atoms with E-state index in [2.05, 4.69) is 13.8 Å². The highest BCUT2D eigenvalue weighted by atomic mass is 16.3. The zero-order chi connectivity index (χ0) is 18.0. The number of allylic oxidation sites excluding steroid dienone is 1. The molecule has 4 nitrogen and oxygen atoms in total. The zero-order valence-electron chi connectivity index (χ0n) is 15.2. The minimum absolute atomic E-state index is 0.00153. The Hall–Kier alpha value is -1.29. The molecule has 0 aliphatic heterocycles. The van der Waals surface area contributed by atoms with Crippen molar-refractivity contribution in [2.24, 2.45) is 34.5 Å². The van der Waals surface area contributed by atoms with Gasteiger partial charge in [0.15, 0.2) is 11.6 Å². The highest BCUT2D eigenvalue weighted by molar-refractivity contribution is 5.93. The van der Waals surface area contributed by atoms with Gasteiger partial charge in [-0.25, -0.2) is 0 Å². The van der Waals surface area contributed by atoms with E-state index >= 15 is 0 Å². The van der Waals surface area contributed by atoms with Crippen LogP contribution in [-0.2, 0) is 14.4 Å². The molecule has 0 heterocycles. The molecule has 1 N–H and O–H groups in total. The van der Waals surface area contributed by atoms with Crippen LogP contribution in [0.5, 0.6) is 0 Å². The summed E-state index contributed by atoms with van der Waals surface area (Å²) in [6, 6.07) is 0. The van der Waals surface area contributed by atoms with Crippen LogP contribution >= 0.6 is 0 Å². The number of aliphatic hydroxyl groups excluding tert-OH is 1. The van der Waals surface area contributed by atoms with E-state index in [1.54, 1.807) is 0 Å². The van der Waals surface area contributed by atoms with E-state index in [0.29, 0.717) is 24.7 Å². The number of Topliss-reactive ketones (excluding diaryl/α,β-unsaturated/α-hetero) is 2. The van der Waals surface area contributed by atoms with Gasteiger partial charge in [-0.3, -0.25) is 14.4 Å². The number of aliphatic hydroxyl groups is 1. The largest absolute Gasteiger partial charge is 0.389 e. The highest BCUT2D eigenvalue weighted by Gasteiger charge is 2.62. The molecule has 0 saturated heterocycles. The lowest BCUT2D eigenvalue weighted by molar-refractivity contribution is -0.149. The topological polar surface area (TPSA) is 71.4 Å². The van der Waals surface area contributed by atoms with Gasteiger partial charge in [0.25, 0.3) is 0 Å². The van der Waals surface area contributed by atoms with Gasteiger partial charge in [-0.15, -0.1) is 0 Å². The SMILES string of the molecule is C[C@]12CC(=O)[C@H]3[C@@H](CCC4=CC(=O)CC[C@@]43C)[C@@H]1CC[C@@H]2C(=O)CO. The van der Waals surface area contributed by atoms with Crippen LogP contribution in [0.15, 0.2) is 11.6 Å². The number of carbonyl (C=O) groups is 3. The molecule has 4 rings (SSSR count). The third-order valence-corrected chi connectivity index (χ3v) is 8.19. The summed E-state index contributed by atoms with van der Waals surface area (Å²) in [7, 11) is 0. The number of fused-ring (bicyclic) bond motifs is 5. The van der Waals surface area contributed by atoms with Gasteiger partial charge < -0.3 is 5.11 Å². The van der Waals surface area contributed by atoms with Crippen molar-refractivity contribution in [3.63, 3.8) is 0 Å². The van der Waals surface area contributed by atoms with Crippen LogP contribution in [0.25, 0.3) is 0 Å². The Morgan fingerprint density at radius 2 is 1.96 bits per heavy atom. The van der Waals surface area contributed by atoms with Crippen molar-refractivity contribution in [2.45, 2.75) is 58.8 Å². The molecule has 0 aromatic carbocycles. The van der Waals surface area contributed by atoms with Gasteiger partial charge in [-0.1, -0.05) is 19.4 Å². The van der Waals surface area contributed by atoms with Crippen LogP contribution in [0.2, 0.25) is 0 Å². The van der Waals surface area contributed by atoms with Crippen LogP contribution < -0.4 is 0 Å². The third kappa shape index (κ3) is 2.26. The first-order valence-electron chi connectivity index (χ1n) is 9.71. The Morgan fingerprint density at radius 1 is 1.20 bits per heavy atom. The minimum atomic E-state index is -0.415. The normalized spacial score (nSPS) is 46.1. The predicted octanol–water partition coefficient (Wildman–Crippen LogP) is 2.87. The van der Waals surface area contributed by atoms with E-state index in [1.807, 2.05) is 6.08 Å². The van der Waals surface area contributed by atoms with Gasteiger partial charge in [-0.05, 0) is 60.8 Å². The maximum atomic E-state index is 13.3. The predicted molar refractivity (Wildman–Crippen MR) is 92.7 cm³/mol. The summed E-state index contributed by atoms with van der Waals surface area (Å²) in [6.45, 7) is 3.88. The lowest BCUT2D eigenvalue weighted by Gasteiger charge is -2.56. The Labute approximate surface area is 149 Å². The van der Waals surface area contributed by atoms with E-state index in [-0.39, 0.29) is 40.0 Å². The molecule has 0 aromatic heterocycles. The number of carbonyl (C=O) groups excluding carboxylic acids is 3. The highest BCUT2D eigenvalue weighted by Crippen LogP contribution is 2.65. The number of rotatable bonds is 2. The molecule has 6 atom stereocenters. The summed E-state index contributed by atoms with van der Waals surface area (Å²) in [5, 5.41) is 9.34. The van der Waals surface area contributed by atoms with E-state index in [9.17, 15) is 19.5 Å². The number of hydrogen-bond donors (Lipinski definition) is 1. The molecule has 0 bridgehead atoms. The average Bonchev–Trinajstić information content (AvgIpc) is 2.91. The maximum absolute atomic E-state index is 13.3. The second-order valence-electron chi connectivity index (χ2n) is 9.24. The Kier molecular flexibility index (Phi) is 3.84. The van der Waals surface area contributed by atoms with Crippen molar-refractivity contribution in [1.29, 1.82) is 0 Å². The fourth-order valence-electron chi connectivity index (χ4n) is 7.02. The van der Waals surface area contributed by atoms with Gasteiger partial charge in [0.1, 0.15) is 12.4 Å². The van der Waals surface area contributed by atoms with Crippen LogP contribution in [0.1, 0.15) is 58.8 Å². The second kappa shape index (κ2) is 5.60.